The lowest BCUT2D eigenvalue weighted by molar-refractivity contribution is -0.135. The van der Waals surface area contributed by atoms with Crippen LogP contribution in [-0.4, -0.2) is 67.8 Å². The van der Waals surface area contributed by atoms with E-state index < -0.39 is 10.0 Å². The predicted molar refractivity (Wildman–Crippen MR) is 103 cm³/mol. The maximum Gasteiger partial charge on any atom is 0.244 e. The molecule has 1 saturated carbocycles. The van der Waals surface area contributed by atoms with E-state index in [2.05, 4.69) is 9.88 Å². The van der Waals surface area contributed by atoms with Gasteiger partial charge in [0.05, 0.1) is 0 Å². The molecule has 0 radical (unpaired) electrons. The normalized spacial score (nSPS) is 22.5. The van der Waals surface area contributed by atoms with Gasteiger partial charge in [0, 0.05) is 51.4 Å². The first-order chi connectivity index (χ1) is 13.1. The van der Waals surface area contributed by atoms with E-state index in [1.165, 1.54) is 23.3 Å². The van der Waals surface area contributed by atoms with E-state index in [0.29, 0.717) is 32.1 Å². The zero-order chi connectivity index (χ0) is 18.9. The Morgan fingerprint density at radius 3 is 2.19 bits per heavy atom. The number of hydrogen-bond acceptors (Lipinski definition) is 5. The second-order valence-electron chi connectivity index (χ2n) is 7.76. The summed E-state index contributed by atoms with van der Waals surface area (Å²) in [5.74, 6) is 1.32. The van der Waals surface area contributed by atoms with E-state index in [-0.39, 0.29) is 10.8 Å². The lowest BCUT2D eigenvalue weighted by Gasteiger charge is -2.36. The minimum absolute atomic E-state index is 0.227. The van der Waals surface area contributed by atoms with Crippen LogP contribution in [0.3, 0.4) is 0 Å². The Morgan fingerprint density at radius 2 is 1.59 bits per heavy atom. The summed E-state index contributed by atoms with van der Waals surface area (Å²) in [4.78, 5) is 21.3. The van der Waals surface area contributed by atoms with E-state index in [9.17, 15) is 13.2 Å². The molecule has 7 nitrogen and oxygen atoms in total. The number of sulfonamides is 1. The molecule has 1 aromatic rings. The van der Waals surface area contributed by atoms with Crippen LogP contribution >= 0.6 is 0 Å². The van der Waals surface area contributed by atoms with Crippen LogP contribution in [0.15, 0.2) is 23.2 Å². The van der Waals surface area contributed by atoms with Gasteiger partial charge in [-0.2, -0.15) is 4.31 Å². The average molecular weight is 393 g/mol. The number of aromatic nitrogens is 1. The van der Waals surface area contributed by atoms with Gasteiger partial charge in [-0.1, -0.05) is 12.8 Å². The van der Waals surface area contributed by atoms with E-state index in [0.717, 1.165) is 44.6 Å². The Bertz CT molecular complexity index is 761. The summed E-state index contributed by atoms with van der Waals surface area (Å²) >= 11 is 0. The van der Waals surface area contributed by atoms with Gasteiger partial charge in [0.25, 0.3) is 0 Å². The SMILES string of the molecule is O=C(C1CCCC1)N1CCN(c2ccc(S(=O)(=O)N3CCCC3)cn2)CC1. The van der Waals surface area contributed by atoms with Crippen LogP contribution in [0, 0.1) is 5.92 Å². The average Bonchev–Trinajstić information content (AvgIpc) is 3.42. The number of anilines is 1. The molecule has 3 heterocycles. The van der Waals surface area contributed by atoms with E-state index in [1.807, 2.05) is 4.90 Å². The maximum absolute atomic E-state index is 12.6. The van der Waals surface area contributed by atoms with Gasteiger partial charge in [-0.15, -0.1) is 0 Å². The van der Waals surface area contributed by atoms with Crippen molar-refractivity contribution in [2.45, 2.75) is 43.4 Å². The van der Waals surface area contributed by atoms with Crippen molar-refractivity contribution in [3.05, 3.63) is 18.3 Å². The van der Waals surface area contributed by atoms with Gasteiger partial charge >= 0.3 is 0 Å². The molecule has 3 fully saturated rings. The molecular formula is C19H28N4O3S. The zero-order valence-corrected chi connectivity index (χ0v) is 16.5. The van der Waals surface area contributed by atoms with Crippen molar-refractivity contribution >= 4 is 21.7 Å². The number of pyridine rings is 1. The van der Waals surface area contributed by atoms with Crippen molar-refractivity contribution in [2.24, 2.45) is 5.92 Å². The van der Waals surface area contributed by atoms with Crippen LogP contribution in [0.2, 0.25) is 0 Å². The molecule has 1 aromatic heterocycles. The molecule has 0 aromatic carbocycles. The van der Waals surface area contributed by atoms with Crippen LogP contribution in [0.4, 0.5) is 5.82 Å². The summed E-state index contributed by atoms with van der Waals surface area (Å²) in [6, 6.07) is 3.45. The Hall–Kier alpha value is -1.67. The van der Waals surface area contributed by atoms with Crippen molar-refractivity contribution < 1.29 is 13.2 Å². The number of carbonyl (C=O) groups is 1. The summed E-state index contributed by atoms with van der Waals surface area (Å²) in [5.41, 5.74) is 0. The molecule has 0 spiro atoms. The predicted octanol–water partition coefficient (Wildman–Crippen LogP) is 1.70. The maximum atomic E-state index is 12.6. The van der Waals surface area contributed by atoms with E-state index >= 15 is 0 Å². The van der Waals surface area contributed by atoms with Crippen molar-refractivity contribution in [2.75, 3.05) is 44.2 Å². The van der Waals surface area contributed by atoms with E-state index in [1.54, 1.807) is 12.1 Å². The highest BCUT2D eigenvalue weighted by Crippen LogP contribution is 2.27. The van der Waals surface area contributed by atoms with Gasteiger partial charge < -0.3 is 9.80 Å². The number of amides is 1. The highest BCUT2D eigenvalue weighted by molar-refractivity contribution is 7.89. The second kappa shape index (κ2) is 7.75. The third kappa shape index (κ3) is 3.82. The van der Waals surface area contributed by atoms with Crippen LogP contribution < -0.4 is 4.90 Å². The largest absolute Gasteiger partial charge is 0.353 e. The molecule has 2 saturated heterocycles. The molecule has 2 aliphatic heterocycles. The van der Waals surface area contributed by atoms with Crippen molar-refractivity contribution in [1.82, 2.24) is 14.2 Å². The third-order valence-electron chi connectivity index (χ3n) is 6.04. The summed E-state index contributed by atoms with van der Waals surface area (Å²) < 4.78 is 26.7. The molecule has 148 valence electrons. The quantitative estimate of drug-likeness (QED) is 0.780. The lowest BCUT2D eigenvalue weighted by atomic mass is 10.1. The molecule has 0 unspecified atom stereocenters. The molecule has 1 amide bonds. The molecule has 27 heavy (non-hydrogen) atoms. The van der Waals surface area contributed by atoms with Crippen LogP contribution in [0.5, 0.6) is 0 Å². The summed E-state index contributed by atoms with van der Waals surface area (Å²) in [6.45, 7) is 4.10. The van der Waals surface area contributed by atoms with Gasteiger partial charge in [0.2, 0.25) is 15.9 Å². The fraction of sp³-hybridized carbons (Fsp3) is 0.684. The molecule has 1 aliphatic carbocycles. The number of hydrogen-bond donors (Lipinski definition) is 0. The standard InChI is InChI=1S/C19H28N4O3S/c24-19(16-5-1-2-6-16)22-13-11-21(12-14-22)18-8-7-17(15-20-18)27(25,26)23-9-3-4-10-23/h7-8,15-16H,1-6,9-14H2. The lowest BCUT2D eigenvalue weighted by Crippen LogP contribution is -2.50. The molecule has 4 rings (SSSR count). The summed E-state index contributed by atoms with van der Waals surface area (Å²) in [7, 11) is -3.42. The third-order valence-corrected chi connectivity index (χ3v) is 7.93. The van der Waals surface area contributed by atoms with Gasteiger partial charge in [0.15, 0.2) is 0 Å². The fourth-order valence-electron chi connectivity index (χ4n) is 4.38. The van der Waals surface area contributed by atoms with Crippen molar-refractivity contribution in [3.63, 3.8) is 0 Å². The van der Waals surface area contributed by atoms with Gasteiger partial charge in [-0.25, -0.2) is 13.4 Å². The number of rotatable bonds is 4. The minimum Gasteiger partial charge on any atom is -0.353 e. The Kier molecular flexibility index (Phi) is 5.36. The first-order valence-electron chi connectivity index (χ1n) is 10.1. The molecule has 0 atom stereocenters. The molecular weight excluding hydrogens is 364 g/mol. The summed E-state index contributed by atoms with van der Waals surface area (Å²) in [5, 5.41) is 0. The number of carbonyl (C=O) groups excluding carboxylic acids is 1. The Morgan fingerprint density at radius 1 is 0.926 bits per heavy atom. The van der Waals surface area contributed by atoms with E-state index in [4.69, 9.17) is 0 Å². The number of piperazine rings is 1. The topological polar surface area (TPSA) is 73.8 Å². The van der Waals surface area contributed by atoms with Crippen LogP contribution in [0.1, 0.15) is 38.5 Å². The van der Waals surface area contributed by atoms with Gasteiger partial charge in [0.1, 0.15) is 10.7 Å². The second-order valence-corrected chi connectivity index (χ2v) is 9.69. The fourth-order valence-corrected chi connectivity index (χ4v) is 5.84. The van der Waals surface area contributed by atoms with Crippen molar-refractivity contribution in [1.29, 1.82) is 0 Å². The smallest absolute Gasteiger partial charge is 0.244 e. The van der Waals surface area contributed by atoms with Gasteiger partial charge in [-0.05, 0) is 37.8 Å². The van der Waals surface area contributed by atoms with Crippen LogP contribution in [-0.2, 0) is 14.8 Å². The Balaban J connectivity index is 1.37. The highest BCUT2D eigenvalue weighted by Gasteiger charge is 2.30. The highest BCUT2D eigenvalue weighted by atomic mass is 32.2. The Labute approximate surface area is 161 Å². The monoisotopic (exact) mass is 392 g/mol. The molecule has 0 N–H and O–H groups in total. The van der Waals surface area contributed by atoms with Crippen molar-refractivity contribution in [3.8, 4) is 0 Å². The molecule has 3 aliphatic rings. The van der Waals surface area contributed by atoms with Crippen LogP contribution in [0.25, 0.3) is 0 Å². The summed E-state index contributed by atoms with van der Waals surface area (Å²) in [6.07, 6.45) is 7.74. The van der Waals surface area contributed by atoms with Gasteiger partial charge in [-0.3, -0.25) is 4.79 Å². The molecule has 8 heteroatoms. The zero-order valence-electron chi connectivity index (χ0n) is 15.7. The number of nitrogens with zero attached hydrogens (tertiary/aromatic N) is 4. The first-order valence-corrected chi connectivity index (χ1v) is 11.5. The minimum atomic E-state index is -3.42. The first kappa shape index (κ1) is 18.7. The molecule has 0 bridgehead atoms.